The van der Waals surface area contributed by atoms with Crippen molar-refractivity contribution >= 4 is 21.9 Å². The number of fused-ring (bicyclic) bond motifs is 2. The molecule has 0 saturated heterocycles. The van der Waals surface area contributed by atoms with Crippen molar-refractivity contribution in [1.82, 2.24) is 19.5 Å². The summed E-state index contributed by atoms with van der Waals surface area (Å²) in [6.45, 7) is 0. The Morgan fingerprint density at radius 2 is 1.65 bits per heavy atom. The molecule has 23 heavy (non-hydrogen) atoms. The van der Waals surface area contributed by atoms with Crippen molar-refractivity contribution in [2.75, 3.05) is 14.2 Å². The molecule has 0 radical (unpaired) electrons. The normalized spacial score (nSPS) is 11.0. The Bertz CT molecular complexity index is 1000. The maximum Gasteiger partial charge on any atom is 0.163 e. The fourth-order valence-corrected chi connectivity index (χ4v) is 2.69. The number of hydrogen-bond acceptors (Lipinski definition) is 5. The van der Waals surface area contributed by atoms with Crippen LogP contribution >= 0.6 is 0 Å². The van der Waals surface area contributed by atoms with Crippen LogP contribution < -0.4 is 9.47 Å². The van der Waals surface area contributed by atoms with E-state index < -0.39 is 0 Å². The van der Waals surface area contributed by atoms with Crippen LogP contribution in [0, 0.1) is 0 Å². The Morgan fingerprint density at radius 1 is 0.870 bits per heavy atom. The van der Waals surface area contributed by atoms with Crippen LogP contribution in [0.25, 0.3) is 27.8 Å². The molecule has 0 aliphatic carbocycles. The third-order valence-electron chi connectivity index (χ3n) is 3.80. The Balaban J connectivity index is 2.02. The molecule has 0 saturated carbocycles. The summed E-state index contributed by atoms with van der Waals surface area (Å²) in [6.07, 6.45) is 3.31. The van der Waals surface area contributed by atoms with Crippen LogP contribution in [0.1, 0.15) is 0 Å². The number of rotatable bonds is 3. The second-order valence-electron chi connectivity index (χ2n) is 5.02. The van der Waals surface area contributed by atoms with Gasteiger partial charge >= 0.3 is 0 Å². The summed E-state index contributed by atoms with van der Waals surface area (Å²) in [5.41, 5.74) is 2.59. The highest BCUT2D eigenvalue weighted by atomic mass is 16.5. The van der Waals surface area contributed by atoms with Gasteiger partial charge in [0.25, 0.3) is 0 Å². The van der Waals surface area contributed by atoms with Crippen molar-refractivity contribution in [2.24, 2.45) is 0 Å². The molecule has 0 bridgehead atoms. The Labute approximate surface area is 132 Å². The van der Waals surface area contributed by atoms with Crippen molar-refractivity contribution in [3.05, 3.63) is 49.1 Å². The lowest BCUT2D eigenvalue weighted by Crippen LogP contribution is -1.99. The molecule has 0 amide bonds. The minimum absolute atomic E-state index is 0.651. The lowest BCUT2D eigenvalue weighted by Gasteiger charge is -2.10. The Hall–Kier alpha value is -3.15. The van der Waals surface area contributed by atoms with E-state index in [1.165, 1.54) is 0 Å². The van der Waals surface area contributed by atoms with Crippen LogP contribution in [0.4, 0.5) is 0 Å². The van der Waals surface area contributed by atoms with E-state index in [0.29, 0.717) is 11.5 Å². The molecule has 0 aliphatic rings. The monoisotopic (exact) mass is 306 g/mol. The summed E-state index contributed by atoms with van der Waals surface area (Å²) in [5.74, 6) is 2.09. The quantitative estimate of drug-likeness (QED) is 0.582. The number of hydrogen-bond donors (Lipinski definition) is 0. The molecule has 0 spiro atoms. The summed E-state index contributed by atoms with van der Waals surface area (Å²) >= 11 is 0. The van der Waals surface area contributed by atoms with Gasteiger partial charge in [-0.25, -0.2) is 15.0 Å². The van der Waals surface area contributed by atoms with E-state index >= 15 is 0 Å². The smallest absolute Gasteiger partial charge is 0.163 e. The molecular weight excluding hydrogens is 292 g/mol. The number of ether oxygens (including phenoxy) is 2. The van der Waals surface area contributed by atoms with Crippen molar-refractivity contribution < 1.29 is 9.47 Å². The first kappa shape index (κ1) is 13.5. The molecule has 0 aliphatic heterocycles. The SMILES string of the molecule is COc1cc2ncn(-c3ncnc4ccccc34)c2cc1OC. The third-order valence-corrected chi connectivity index (χ3v) is 3.80. The van der Waals surface area contributed by atoms with Crippen LogP contribution in [-0.4, -0.2) is 33.7 Å². The molecule has 0 atom stereocenters. The first-order chi connectivity index (χ1) is 11.3. The lowest BCUT2D eigenvalue weighted by molar-refractivity contribution is 0.355. The largest absolute Gasteiger partial charge is 0.493 e. The summed E-state index contributed by atoms with van der Waals surface area (Å²) in [6, 6.07) is 11.6. The van der Waals surface area contributed by atoms with Crippen molar-refractivity contribution in [3.8, 4) is 17.3 Å². The summed E-state index contributed by atoms with van der Waals surface area (Å²) < 4.78 is 12.7. The molecule has 2 heterocycles. The van der Waals surface area contributed by atoms with Crippen LogP contribution in [0.3, 0.4) is 0 Å². The Morgan fingerprint density at radius 3 is 2.48 bits per heavy atom. The van der Waals surface area contributed by atoms with Gasteiger partial charge in [-0.05, 0) is 12.1 Å². The van der Waals surface area contributed by atoms with Crippen molar-refractivity contribution in [3.63, 3.8) is 0 Å². The van der Waals surface area contributed by atoms with E-state index in [-0.39, 0.29) is 0 Å². The van der Waals surface area contributed by atoms with Crippen LogP contribution in [0.15, 0.2) is 49.1 Å². The van der Waals surface area contributed by atoms with Gasteiger partial charge in [0.15, 0.2) is 11.5 Å². The van der Waals surface area contributed by atoms with Crippen LogP contribution in [0.2, 0.25) is 0 Å². The fourth-order valence-electron chi connectivity index (χ4n) is 2.69. The van der Waals surface area contributed by atoms with Gasteiger partial charge in [0, 0.05) is 17.5 Å². The molecule has 0 fully saturated rings. The Kier molecular flexibility index (Phi) is 3.08. The van der Waals surface area contributed by atoms with Gasteiger partial charge in [-0.1, -0.05) is 12.1 Å². The minimum atomic E-state index is 0.651. The zero-order chi connectivity index (χ0) is 15.8. The van der Waals surface area contributed by atoms with Crippen LogP contribution in [-0.2, 0) is 0 Å². The molecule has 6 heteroatoms. The van der Waals surface area contributed by atoms with Gasteiger partial charge in [0.2, 0.25) is 0 Å². The van der Waals surface area contributed by atoms with Gasteiger partial charge in [0.05, 0.1) is 30.8 Å². The number of nitrogens with zero attached hydrogens (tertiary/aromatic N) is 4. The van der Waals surface area contributed by atoms with Gasteiger partial charge in [0.1, 0.15) is 18.5 Å². The molecule has 4 aromatic rings. The highest BCUT2D eigenvalue weighted by Crippen LogP contribution is 2.33. The van der Waals surface area contributed by atoms with E-state index in [1.807, 2.05) is 41.0 Å². The number of methoxy groups -OCH3 is 2. The minimum Gasteiger partial charge on any atom is -0.493 e. The molecule has 0 unspecified atom stereocenters. The summed E-state index contributed by atoms with van der Waals surface area (Å²) in [5, 5.41) is 0.962. The van der Waals surface area contributed by atoms with E-state index in [2.05, 4.69) is 15.0 Å². The number of aromatic nitrogens is 4. The zero-order valence-electron chi connectivity index (χ0n) is 12.7. The number of para-hydroxylation sites is 1. The maximum atomic E-state index is 5.39. The average molecular weight is 306 g/mol. The van der Waals surface area contributed by atoms with Gasteiger partial charge < -0.3 is 9.47 Å². The van der Waals surface area contributed by atoms with E-state index in [9.17, 15) is 0 Å². The number of benzene rings is 2. The second kappa shape index (κ2) is 5.24. The molecule has 6 nitrogen and oxygen atoms in total. The molecule has 114 valence electrons. The predicted molar refractivity (Wildman–Crippen MR) is 87.3 cm³/mol. The average Bonchev–Trinajstić information content (AvgIpc) is 3.02. The lowest BCUT2D eigenvalue weighted by atomic mass is 10.2. The molecule has 2 aromatic carbocycles. The second-order valence-corrected chi connectivity index (χ2v) is 5.02. The van der Waals surface area contributed by atoms with Crippen LogP contribution in [0.5, 0.6) is 11.5 Å². The molecule has 0 N–H and O–H groups in total. The van der Waals surface area contributed by atoms with Crippen molar-refractivity contribution in [1.29, 1.82) is 0 Å². The molecule has 2 aromatic heterocycles. The summed E-state index contributed by atoms with van der Waals surface area (Å²) in [7, 11) is 3.23. The topological polar surface area (TPSA) is 62.1 Å². The van der Waals surface area contributed by atoms with E-state index in [4.69, 9.17) is 9.47 Å². The van der Waals surface area contributed by atoms with E-state index in [0.717, 1.165) is 27.8 Å². The third kappa shape index (κ3) is 2.07. The first-order valence-corrected chi connectivity index (χ1v) is 7.11. The van der Waals surface area contributed by atoms with Gasteiger partial charge in [-0.2, -0.15) is 0 Å². The van der Waals surface area contributed by atoms with Gasteiger partial charge in [-0.3, -0.25) is 4.57 Å². The molecule has 4 rings (SSSR count). The van der Waals surface area contributed by atoms with E-state index in [1.54, 1.807) is 26.9 Å². The highest BCUT2D eigenvalue weighted by Gasteiger charge is 2.13. The number of imidazole rings is 1. The zero-order valence-corrected chi connectivity index (χ0v) is 12.7. The standard InChI is InChI=1S/C17H14N4O2/c1-22-15-7-13-14(8-16(15)23-2)21(10-20-13)17-11-5-3-4-6-12(11)18-9-19-17/h3-10H,1-2H3. The van der Waals surface area contributed by atoms with Gasteiger partial charge in [-0.15, -0.1) is 0 Å². The van der Waals surface area contributed by atoms with Crippen molar-refractivity contribution in [2.45, 2.75) is 0 Å². The first-order valence-electron chi connectivity index (χ1n) is 7.11. The summed E-state index contributed by atoms with van der Waals surface area (Å²) in [4.78, 5) is 13.2. The highest BCUT2D eigenvalue weighted by molar-refractivity contribution is 5.89. The fraction of sp³-hybridized carbons (Fsp3) is 0.118. The maximum absolute atomic E-state index is 5.39. The molecular formula is C17H14N4O2. The predicted octanol–water partition coefficient (Wildman–Crippen LogP) is 2.99.